The van der Waals surface area contributed by atoms with E-state index in [2.05, 4.69) is 4.74 Å². The van der Waals surface area contributed by atoms with E-state index in [0.717, 1.165) is 25.7 Å². The predicted octanol–water partition coefficient (Wildman–Crippen LogP) is 2.53. The summed E-state index contributed by atoms with van der Waals surface area (Å²) >= 11 is 0. The van der Waals surface area contributed by atoms with Gasteiger partial charge >= 0.3 is 12.1 Å². The number of rotatable bonds is 3. The zero-order chi connectivity index (χ0) is 15.7. The molecule has 0 saturated carbocycles. The molecule has 0 spiro atoms. The van der Waals surface area contributed by atoms with Crippen molar-refractivity contribution in [3.63, 3.8) is 0 Å². The zero-order valence-electron chi connectivity index (χ0n) is 12.4. The summed E-state index contributed by atoms with van der Waals surface area (Å²) in [7, 11) is 1.35. The van der Waals surface area contributed by atoms with Gasteiger partial charge in [-0.3, -0.25) is 0 Å². The maximum atomic E-state index is 11.4. The fraction of sp³-hybridized carbons (Fsp3) is 0.500. The SMILES string of the molecule is COC(=O)c1ccc(OC2C[C@H]3CC[C@@H](C2)N3C(=O)O)cc1. The lowest BCUT2D eigenvalue weighted by Gasteiger charge is -2.37. The number of amides is 1. The van der Waals surface area contributed by atoms with E-state index in [-0.39, 0.29) is 24.2 Å². The molecule has 2 saturated heterocycles. The van der Waals surface area contributed by atoms with Crippen molar-refractivity contribution in [3.05, 3.63) is 29.8 Å². The third kappa shape index (κ3) is 2.73. The quantitative estimate of drug-likeness (QED) is 0.868. The third-order valence-electron chi connectivity index (χ3n) is 4.49. The van der Waals surface area contributed by atoms with Gasteiger partial charge in [-0.15, -0.1) is 0 Å². The summed E-state index contributed by atoms with van der Waals surface area (Å²) in [5.41, 5.74) is 0.482. The Labute approximate surface area is 128 Å². The maximum Gasteiger partial charge on any atom is 0.407 e. The minimum absolute atomic E-state index is 0.0251. The zero-order valence-corrected chi connectivity index (χ0v) is 12.4. The van der Waals surface area contributed by atoms with Crippen LogP contribution in [0.5, 0.6) is 5.75 Å². The number of carboxylic acid groups (broad SMARTS) is 1. The van der Waals surface area contributed by atoms with Gasteiger partial charge in [0, 0.05) is 24.9 Å². The molecule has 6 nitrogen and oxygen atoms in total. The number of hydrogen-bond donors (Lipinski definition) is 1. The molecule has 118 valence electrons. The minimum Gasteiger partial charge on any atom is -0.490 e. The number of methoxy groups -OCH3 is 1. The van der Waals surface area contributed by atoms with E-state index in [0.29, 0.717) is 11.3 Å². The molecular formula is C16H19NO5. The number of piperidine rings is 1. The van der Waals surface area contributed by atoms with Crippen molar-refractivity contribution in [1.82, 2.24) is 4.90 Å². The number of fused-ring (bicyclic) bond motifs is 2. The summed E-state index contributed by atoms with van der Waals surface area (Å²) in [6.45, 7) is 0. The second-order valence-electron chi connectivity index (χ2n) is 5.80. The number of hydrogen-bond acceptors (Lipinski definition) is 4. The normalized spacial score (nSPS) is 26.6. The molecular weight excluding hydrogens is 286 g/mol. The molecule has 1 unspecified atom stereocenters. The Balaban J connectivity index is 1.63. The van der Waals surface area contributed by atoms with Crippen LogP contribution in [-0.4, -0.2) is 47.4 Å². The largest absolute Gasteiger partial charge is 0.490 e. The van der Waals surface area contributed by atoms with Crippen molar-refractivity contribution in [2.24, 2.45) is 0 Å². The summed E-state index contributed by atoms with van der Waals surface area (Å²) in [4.78, 5) is 24.2. The molecule has 2 heterocycles. The number of benzene rings is 1. The standard InChI is InChI=1S/C16H19NO5/c1-21-15(18)10-2-6-13(7-3-10)22-14-8-11-4-5-12(9-14)17(11)16(19)20/h2-3,6-7,11-12,14H,4-5,8-9H2,1H3,(H,19,20)/t11-,12+,14?. The first-order chi connectivity index (χ1) is 10.6. The molecule has 1 N–H and O–H groups in total. The van der Waals surface area contributed by atoms with E-state index < -0.39 is 6.09 Å². The van der Waals surface area contributed by atoms with Crippen molar-refractivity contribution < 1.29 is 24.2 Å². The molecule has 6 heteroatoms. The van der Waals surface area contributed by atoms with Crippen molar-refractivity contribution in [2.75, 3.05) is 7.11 Å². The Kier molecular flexibility index (Phi) is 3.92. The third-order valence-corrected chi connectivity index (χ3v) is 4.49. The smallest absolute Gasteiger partial charge is 0.407 e. The highest BCUT2D eigenvalue weighted by Crippen LogP contribution is 2.37. The molecule has 1 aromatic carbocycles. The molecule has 2 fully saturated rings. The van der Waals surface area contributed by atoms with Gasteiger partial charge in [-0.2, -0.15) is 0 Å². The van der Waals surface area contributed by atoms with Crippen molar-refractivity contribution >= 4 is 12.1 Å². The highest BCUT2D eigenvalue weighted by Gasteiger charge is 2.44. The van der Waals surface area contributed by atoms with Crippen molar-refractivity contribution in [2.45, 2.75) is 43.9 Å². The van der Waals surface area contributed by atoms with Gasteiger partial charge in [-0.25, -0.2) is 9.59 Å². The number of ether oxygens (including phenoxy) is 2. The van der Waals surface area contributed by atoms with Crippen LogP contribution in [0.1, 0.15) is 36.0 Å². The van der Waals surface area contributed by atoms with Gasteiger partial charge in [0.1, 0.15) is 11.9 Å². The van der Waals surface area contributed by atoms with Crippen LogP contribution in [0.15, 0.2) is 24.3 Å². The van der Waals surface area contributed by atoms with Crippen LogP contribution in [0.3, 0.4) is 0 Å². The molecule has 0 radical (unpaired) electrons. The second-order valence-corrected chi connectivity index (χ2v) is 5.80. The lowest BCUT2D eigenvalue weighted by atomic mass is 10.00. The first-order valence-electron chi connectivity index (χ1n) is 7.44. The summed E-state index contributed by atoms with van der Waals surface area (Å²) in [6.07, 6.45) is 2.48. The predicted molar refractivity (Wildman–Crippen MR) is 78.1 cm³/mol. The Bertz CT molecular complexity index is 556. The highest BCUT2D eigenvalue weighted by atomic mass is 16.5. The van der Waals surface area contributed by atoms with Gasteiger partial charge in [0.15, 0.2) is 0 Å². The Hall–Kier alpha value is -2.24. The Morgan fingerprint density at radius 3 is 2.23 bits per heavy atom. The topological polar surface area (TPSA) is 76.1 Å². The van der Waals surface area contributed by atoms with E-state index in [4.69, 9.17) is 4.74 Å². The van der Waals surface area contributed by atoms with E-state index in [1.807, 2.05) is 0 Å². The summed E-state index contributed by atoms with van der Waals surface area (Å²) in [5, 5.41) is 9.24. The minimum atomic E-state index is -0.826. The van der Waals surface area contributed by atoms with Crippen LogP contribution < -0.4 is 4.74 Å². The summed E-state index contributed by atoms with van der Waals surface area (Å²) in [5.74, 6) is 0.320. The van der Waals surface area contributed by atoms with Crippen molar-refractivity contribution in [3.8, 4) is 5.75 Å². The van der Waals surface area contributed by atoms with Gasteiger partial charge in [-0.1, -0.05) is 0 Å². The van der Waals surface area contributed by atoms with Crippen LogP contribution in [0.25, 0.3) is 0 Å². The van der Waals surface area contributed by atoms with Crippen LogP contribution in [0.4, 0.5) is 4.79 Å². The van der Waals surface area contributed by atoms with Gasteiger partial charge < -0.3 is 19.5 Å². The molecule has 2 aliphatic heterocycles. The Morgan fingerprint density at radius 2 is 1.73 bits per heavy atom. The van der Waals surface area contributed by atoms with Gasteiger partial charge in [-0.05, 0) is 37.1 Å². The summed E-state index contributed by atoms with van der Waals surface area (Å²) in [6, 6.07) is 6.96. The Morgan fingerprint density at radius 1 is 1.14 bits per heavy atom. The number of esters is 1. The molecule has 2 bridgehead atoms. The van der Waals surface area contributed by atoms with E-state index in [9.17, 15) is 14.7 Å². The molecule has 1 amide bonds. The van der Waals surface area contributed by atoms with Gasteiger partial charge in [0.05, 0.1) is 12.7 Å². The molecule has 2 aliphatic rings. The average Bonchev–Trinajstić information content (AvgIpc) is 2.79. The van der Waals surface area contributed by atoms with Crippen molar-refractivity contribution in [1.29, 1.82) is 0 Å². The van der Waals surface area contributed by atoms with E-state index in [1.165, 1.54) is 7.11 Å². The molecule has 22 heavy (non-hydrogen) atoms. The van der Waals surface area contributed by atoms with E-state index in [1.54, 1.807) is 29.2 Å². The fourth-order valence-electron chi connectivity index (χ4n) is 3.52. The first kappa shape index (κ1) is 14.7. The fourth-order valence-corrected chi connectivity index (χ4v) is 3.52. The number of nitrogens with zero attached hydrogens (tertiary/aromatic N) is 1. The number of carbonyl (C=O) groups excluding carboxylic acids is 1. The molecule has 3 atom stereocenters. The van der Waals surface area contributed by atoms with E-state index >= 15 is 0 Å². The number of carbonyl (C=O) groups is 2. The van der Waals surface area contributed by atoms with Gasteiger partial charge in [0.2, 0.25) is 0 Å². The van der Waals surface area contributed by atoms with Crippen LogP contribution in [0, 0.1) is 0 Å². The van der Waals surface area contributed by atoms with Crippen LogP contribution in [-0.2, 0) is 4.74 Å². The maximum absolute atomic E-state index is 11.4. The molecule has 3 rings (SSSR count). The highest BCUT2D eigenvalue weighted by molar-refractivity contribution is 5.89. The lowest BCUT2D eigenvalue weighted by Crippen LogP contribution is -2.48. The summed E-state index contributed by atoms with van der Waals surface area (Å²) < 4.78 is 10.6. The second kappa shape index (κ2) is 5.87. The first-order valence-corrected chi connectivity index (χ1v) is 7.44. The van der Waals surface area contributed by atoms with Crippen LogP contribution in [0.2, 0.25) is 0 Å². The molecule has 0 aromatic heterocycles. The molecule has 0 aliphatic carbocycles. The monoisotopic (exact) mass is 305 g/mol. The molecule has 1 aromatic rings. The average molecular weight is 305 g/mol. The lowest BCUT2D eigenvalue weighted by molar-refractivity contribution is 0.0496. The van der Waals surface area contributed by atoms with Crippen LogP contribution >= 0.6 is 0 Å². The van der Waals surface area contributed by atoms with Gasteiger partial charge in [0.25, 0.3) is 0 Å².